The fraction of sp³-hybridized carbons (Fsp3) is 0.625. The van der Waals surface area contributed by atoms with E-state index in [1.54, 1.807) is 6.26 Å². The zero-order valence-electron chi connectivity index (χ0n) is 16.5. The Morgan fingerprint density at radius 1 is 0.933 bits per heavy atom. The highest BCUT2D eigenvalue weighted by Crippen LogP contribution is 2.02. The van der Waals surface area contributed by atoms with Crippen LogP contribution in [0.2, 0.25) is 0 Å². The van der Waals surface area contributed by atoms with Crippen molar-refractivity contribution in [2.75, 3.05) is 18.6 Å². The van der Waals surface area contributed by atoms with Crippen LogP contribution in [0.25, 0.3) is 0 Å². The molecule has 0 radical (unpaired) electrons. The monoisotopic (exact) mass is 448 g/mol. The maximum Gasteiger partial charge on any atom is 0.326 e. The molecule has 10 N–H and O–H groups in total. The number of hydrogen-bond acceptors (Lipinski definition) is 8. The van der Waals surface area contributed by atoms with Crippen LogP contribution in [0.1, 0.15) is 25.7 Å². The average molecular weight is 449 g/mol. The van der Waals surface area contributed by atoms with Crippen LogP contribution in [-0.4, -0.2) is 77.3 Å². The van der Waals surface area contributed by atoms with Crippen LogP contribution in [0.15, 0.2) is 0 Å². The molecule has 0 aromatic carbocycles. The highest BCUT2D eigenvalue weighted by atomic mass is 32.2. The summed E-state index contributed by atoms with van der Waals surface area (Å²) >= 11 is 1.41. The summed E-state index contributed by atoms with van der Waals surface area (Å²) in [5.41, 5.74) is 15.5. The van der Waals surface area contributed by atoms with Gasteiger partial charge in [-0.15, -0.1) is 0 Å². The van der Waals surface area contributed by atoms with Crippen molar-refractivity contribution >= 4 is 47.3 Å². The van der Waals surface area contributed by atoms with E-state index in [0.29, 0.717) is 5.75 Å². The molecule has 14 heteroatoms. The second kappa shape index (κ2) is 14.2. The molecule has 0 heterocycles. The summed E-state index contributed by atoms with van der Waals surface area (Å²) < 4.78 is 0. The third-order valence-corrected chi connectivity index (χ3v) is 4.38. The average Bonchev–Trinajstić information content (AvgIpc) is 2.65. The van der Waals surface area contributed by atoms with Crippen molar-refractivity contribution < 1.29 is 33.9 Å². The van der Waals surface area contributed by atoms with Crippen molar-refractivity contribution in [1.29, 1.82) is 0 Å². The first-order chi connectivity index (χ1) is 14.0. The number of aliphatic carboxylic acids is 1. The van der Waals surface area contributed by atoms with Gasteiger partial charge in [-0.2, -0.15) is 11.8 Å². The van der Waals surface area contributed by atoms with E-state index in [4.69, 9.17) is 22.3 Å². The van der Waals surface area contributed by atoms with Gasteiger partial charge in [-0.25, -0.2) is 4.79 Å². The lowest BCUT2D eigenvalue weighted by Crippen LogP contribution is -2.54. The Bertz CT molecular complexity index is 660. The molecule has 0 rings (SSSR count). The summed E-state index contributed by atoms with van der Waals surface area (Å²) in [6.07, 6.45) is 1.11. The van der Waals surface area contributed by atoms with Gasteiger partial charge in [0.15, 0.2) is 0 Å². The quantitative estimate of drug-likeness (QED) is 0.131. The van der Waals surface area contributed by atoms with E-state index < -0.39 is 66.6 Å². The molecule has 3 atom stereocenters. The zero-order valence-corrected chi connectivity index (χ0v) is 17.3. The van der Waals surface area contributed by atoms with Gasteiger partial charge in [0, 0.05) is 6.42 Å². The molecular formula is C16H28N6O7S. The molecule has 30 heavy (non-hydrogen) atoms. The summed E-state index contributed by atoms with van der Waals surface area (Å²) in [6, 6.07) is -3.68. The second-order valence-electron chi connectivity index (χ2n) is 6.30. The van der Waals surface area contributed by atoms with Gasteiger partial charge < -0.3 is 38.3 Å². The number of hydrogen-bond donors (Lipinski definition) is 7. The predicted molar refractivity (Wildman–Crippen MR) is 108 cm³/mol. The van der Waals surface area contributed by atoms with Crippen LogP contribution in [-0.2, 0) is 28.8 Å². The Morgan fingerprint density at radius 2 is 1.57 bits per heavy atom. The normalized spacial score (nSPS) is 13.4. The van der Waals surface area contributed by atoms with Crippen molar-refractivity contribution in [3.05, 3.63) is 0 Å². The van der Waals surface area contributed by atoms with Crippen molar-refractivity contribution in [1.82, 2.24) is 16.0 Å². The van der Waals surface area contributed by atoms with Crippen LogP contribution >= 0.6 is 11.8 Å². The zero-order chi connectivity index (χ0) is 23.3. The summed E-state index contributed by atoms with van der Waals surface area (Å²) in [7, 11) is 0. The summed E-state index contributed by atoms with van der Waals surface area (Å²) in [6.45, 7) is -0.557. The standard InChI is InChI=1S/C16H28N6O7S/c1-30-5-4-10(16(28)29)21-13(25)7-20-15(27)9(2-3-11(18)23)22-14(26)8(17)6-12(19)24/h8-10H,2-7,17H2,1H3,(H2,18,23)(H2,19,24)(H,20,27)(H,21,25)(H,22,26)(H,28,29). The molecule has 0 aromatic heterocycles. The Balaban J connectivity index is 4.88. The van der Waals surface area contributed by atoms with E-state index in [2.05, 4.69) is 16.0 Å². The predicted octanol–water partition coefficient (Wildman–Crippen LogP) is -3.62. The van der Waals surface area contributed by atoms with Gasteiger partial charge in [0.05, 0.1) is 19.0 Å². The van der Waals surface area contributed by atoms with Crippen molar-refractivity contribution in [3.8, 4) is 0 Å². The van der Waals surface area contributed by atoms with Gasteiger partial charge in [0.25, 0.3) is 0 Å². The second-order valence-corrected chi connectivity index (χ2v) is 7.29. The van der Waals surface area contributed by atoms with E-state index in [1.165, 1.54) is 11.8 Å². The minimum Gasteiger partial charge on any atom is -0.480 e. The number of carbonyl (C=O) groups is 6. The Hall–Kier alpha value is -2.87. The molecular weight excluding hydrogens is 420 g/mol. The summed E-state index contributed by atoms with van der Waals surface area (Å²) in [5, 5.41) is 15.9. The molecule has 0 bridgehead atoms. The topological polar surface area (TPSA) is 237 Å². The molecule has 5 amide bonds. The number of amides is 5. The number of thioether (sulfide) groups is 1. The molecule has 0 spiro atoms. The smallest absolute Gasteiger partial charge is 0.326 e. The molecule has 170 valence electrons. The summed E-state index contributed by atoms with van der Waals surface area (Å²) in [4.78, 5) is 69.3. The number of nitrogens with two attached hydrogens (primary N) is 3. The van der Waals surface area contributed by atoms with Gasteiger partial charge >= 0.3 is 5.97 Å². The molecule has 0 aliphatic rings. The Labute approximate surface area is 177 Å². The highest BCUT2D eigenvalue weighted by molar-refractivity contribution is 7.98. The fourth-order valence-electron chi connectivity index (χ4n) is 2.17. The largest absolute Gasteiger partial charge is 0.480 e. The minimum absolute atomic E-state index is 0.177. The highest BCUT2D eigenvalue weighted by Gasteiger charge is 2.26. The Morgan fingerprint density at radius 3 is 2.07 bits per heavy atom. The molecule has 0 aromatic rings. The number of carboxylic acid groups (broad SMARTS) is 1. The van der Waals surface area contributed by atoms with Crippen LogP contribution in [0, 0.1) is 0 Å². The van der Waals surface area contributed by atoms with Gasteiger partial charge in [-0.3, -0.25) is 24.0 Å². The van der Waals surface area contributed by atoms with Gasteiger partial charge in [0.1, 0.15) is 12.1 Å². The molecule has 0 saturated heterocycles. The molecule has 13 nitrogen and oxygen atoms in total. The van der Waals surface area contributed by atoms with Crippen LogP contribution in [0.4, 0.5) is 0 Å². The fourth-order valence-corrected chi connectivity index (χ4v) is 2.64. The lowest BCUT2D eigenvalue weighted by atomic mass is 10.1. The first-order valence-corrected chi connectivity index (χ1v) is 10.3. The van der Waals surface area contributed by atoms with Crippen molar-refractivity contribution in [3.63, 3.8) is 0 Å². The van der Waals surface area contributed by atoms with Crippen LogP contribution in [0.5, 0.6) is 0 Å². The maximum atomic E-state index is 12.3. The lowest BCUT2D eigenvalue weighted by molar-refractivity contribution is -0.141. The minimum atomic E-state index is -1.30. The molecule has 0 aliphatic heterocycles. The van der Waals surface area contributed by atoms with E-state index in [1.807, 2.05) is 0 Å². The van der Waals surface area contributed by atoms with Gasteiger partial charge in [-0.05, 0) is 24.9 Å². The number of rotatable bonds is 15. The number of nitrogens with one attached hydrogen (secondary N) is 3. The number of carboxylic acids is 1. The SMILES string of the molecule is CSCCC(NC(=O)CNC(=O)C(CCC(N)=O)NC(=O)C(N)CC(N)=O)C(=O)O. The third kappa shape index (κ3) is 11.9. The molecule has 0 aliphatic carbocycles. The van der Waals surface area contributed by atoms with Gasteiger partial charge in [0.2, 0.25) is 29.5 Å². The molecule has 0 fully saturated rings. The molecule has 3 unspecified atom stereocenters. The first-order valence-electron chi connectivity index (χ1n) is 8.89. The van der Waals surface area contributed by atoms with E-state index in [9.17, 15) is 28.8 Å². The van der Waals surface area contributed by atoms with Crippen molar-refractivity contribution in [2.24, 2.45) is 17.2 Å². The maximum absolute atomic E-state index is 12.3. The third-order valence-electron chi connectivity index (χ3n) is 3.74. The van der Waals surface area contributed by atoms with Crippen molar-refractivity contribution in [2.45, 2.75) is 43.8 Å². The lowest BCUT2D eigenvalue weighted by Gasteiger charge is -2.20. The Kier molecular flexibility index (Phi) is 12.8. The first kappa shape index (κ1) is 27.1. The van der Waals surface area contributed by atoms with Gasteiger partial charge in [-0.1, -0.05) is 0 Å². The van der Waals surface area contributed by atoms with Crippen LogP contribution < -0.4 is 33.2 Å². The number of primary amides is 2. The van der Waals surface area contributed by atoms with E-state index >= 15 is 0 Å². The summed E-state index contributed by atoms with van der Waals surface area (Å²) in [5.74, 6) is -4.66. The van der Waals surface area contributed by atoms with E-state index in [-0.39, 0.29) is 19.3 Å². The molecule has 0 saturated carbocycles. The van der Waals surface area contributed by atoms with E-state index in [0.717, 1.165) is 0 Å². The number of carbonyl (C=O) groups excluding carboxylic acids is 5. The van der Waals surface area contributed by atoms with Crippen LogP contribution in [0.3, 0.4) is 0 Å².